The van der Waals surface area contributed by atoms with Crippen molar-refractivity contribution in [2.45, 2.75) is 32.8 Å². The molecule has 0 aliphatic heterocycles. The minimum absolute atomic E-state index is 0.220. The van der Waals surface area contributed by atoms with E-state index in [1.54, 1.807) is 31.2 Å². The van der Waals surface area contributed by atoms with Gasteiger partial charge in [-0.3, -0.25) is 4.79 Å². The summed E-state index contributed by atoms with van der Waals surface area (Å²) in [5.41, 5.74) is -0.299. The molecule has 122 valence electrons. The van der Waals surface area contributed by atoms with Crippen molar-refractivity contribution in [3.63, 3.8) is 0 Å². The fourth-order valence-corrected chi connectivity index (χ4v) is 2.09. The Hall–Kier alpha value is -2.08. The van der Waals surface area contributed by atoms with Gasteiger partial charge in [-0.1, -0.05) is 13.8 Å². The molecule has 1 atom stereocenters. The molecule has 0 radical (unpaired) electrons. The van der Waals surface area contributed by atoms with Crippen molar-refractivity contribution in [1.29, 1.82) is 0 Å². The molecule has 1 aromatic carbocycles. The number of anilines is 1. The topological polar surface area (TPSA) is 84.9 Å². The number of aliphatic carboxylic acids is 1. The highest BCUT2D eigenvalue weighted by Gasteiger charge is 2.33. The molecule has 0 aliphatic rings. The van der Waals surface area contributed by atoms with Gasteiger partial charge in [-0.15, -0.1) is 0 Å². The van der Waals surface area contributed by atoms with Crippen molar-refractivity contribution in [1.82, 2.24) is 0 Å². The number of methoxy groups -OCH3 is 1. The molecule has 1 rings (SSSR count). The Balaban J connectivity index is 2.69. The zero-order chi connectivity index (χ0) is 16.8. The van der Waals surface area contributed by atoms with Crippen LogP contribution in [0.5, 0.6) is 5.75 Å². The first-order valence-corrected chi connectivity index (χ1v) is 7.08. The van der Waals surface area contributed by atoms with Crippen LogP contribution >= 0.6 is 0 Å². The van der Waals surface area contributed by atoms with E-state index in [0.717, 1.165) is 0 Å². The Kier molecular flexibility index (Phi) is 6.37. The molecule has 22 heavy (non-hydrogen) atoms. The minimum Gasteiger partial charge on any atom is -0.482 e. The van der Waals surface area contributed by atoms with Gasteiger partial charge >= 0.3 is 5.97 Å². The molecular weight excluding hydrogens is 286 g/mol. The second-order valence-electron chi connectivity index (χ2n) is 5.69. The van der Waals surface area contributed by atoms with Crippen LogP contribution in [0.1, 0.15) is 27.2 Å². The lowest BCUT2D eigenvalue weighted by molar-refractivity contribution is -0.139. The van der Waals surface area contributed by atoms with Crippen molar-refractivity contribution in [2.24, 2.45) is 5.92 Å². The van der Waals surface area contributed by atoms with Crippen LogP contribution in [-0.2, 0) is 14.3 Å². The normalized spacial score (nSPS) is 13.5. The molecule has 0 aliphatic carbocycles. The average Bonchev–Trinajstić information content (AvgIpc) is 2.45. The molecule has 0 aromatic heterocycles. The molecule has 0 saturated heterocycles. The minimum atomic E-state index is -1.04. The maximum atomic E-state index is 12.4. The maximum Gasteiger partial charge on any atom is 0.341 e. The molecule has 1 amide bonds. The van der Waals surface area contributed by atoms with Crippen molar-refractivity contribution in [2.75, 3.05) is 19.0 Å². The van der Waals surface area contributed by atoms with Gasteiger partial charge in [0.2, 0.25) is 0 Å². The van der Waals surface area contributed by atoms with Gasteiger partial charge in [0, 0.05) is 12.8 Å². The monoisotopic (exact) mass is 309 g/mol. The summed E-state index contributed by atoms with van der Waals surface area (Å²) >= 11 is 0. The summed E-state index contributed by atoms with van der Waals surface area (Å²) in [5, 5.41) is 11.3. The Labute approximate surface area is 130 Å². The van der Waals surface area contributed by atoms with E-state index in [-0.39, 0.29) is 5.91 Å². The molecular formula is C16H23NO5. The quantitative estimate of drug-likeness (QED) is 0.771. The Morgan fingerprint density at radius 1 is 1.27 bits per heavy atom. The van der Waals surface area contributed by atoms with Crippen LogP contribution < -0.4 is 10.1 Å². The van der Waals surface area contributed by atoms with Gasteiger partial charge < -0.3 is 19.9 Å². The van der Waals surface area contributed by atoms with E-state index in [0.29, 0.717) is 23.8 Å². The summed E-state index contributed by atoms with van der Waals surface area (Å²) in [5.74, 6) is -0.510. The first kappa shape index (κ1) is 18.0. The summed E-state index contributed by atoms with van der Waals surface area (Å²) < 4.78 is 10.4. The number of carboxylic acid groups (broad SMARTS) is 1. The van der Waals surface area contributed by atoms with Gasteiger partial charge in [-0.2, -0.15) is 0 Å². The Morgan fingerprint density at radius 2 is 1.86 bits per heavy atom. The molecule has 2 N–H and O–H groups in total. The summed E-state index contributed by atoms with van der Waals surface area (Å²) in [4.78, 5) is 22.8. The van der Waals surface area contributed by atoms with E-state index in [1.807, 2.05) is 13.8 Å². The zero-order valence-electron chi connectivity index (χ0n) is 13.4. The first-order valence-electron chi connectivity index (χ1n) is 7.08. The molecule has 0 spiro atoms. The van der Waals surface area contributed by atoms with Crippen molar-refractivity contribution < 1.29 is 24.2 Å². The zero-order valence-corrected chi connectivity index (χ0v) is 13.4. The lowest BCUT2D eigenvalue weighted by atomic mass is 9.93. The number of nitrogens with one attached hydrogen (secondary N) is 1. The van der Waals surface area contributed by atoms with Crippen LogP contribution in [0.25, 0.3) is 0 Å². The Bertz CT molecular complexity index is 512. The van der Waals surface area contributed by atoms with E-state index in [1.165, 1.54) is 7.11 Å². The van der Waals surface area contributed by atoms with Gasteiger partial charge in [0.1, 0.15) is 11.4 Å². The van der Waals surface area contributed by atoms with Crippen LogP contribution in [0.3, 0.4) is 0 Å². The fourth-order valence-electron chi connectivity index (χ4n) is 2.09. The van der Waals surface area contributed by atoms with Crippen molar-refractivity contribution in [3.8, 4) is 5.75 Å². The number of benzene rings is 1. The lowest BCUT2D eigenvalue weighted by Crippen LogP contribution is -2.43. The molecule has 0 heterocycles. The molecule has 0 unspecified atom stereocenters. The summed E-state index contributed by atoms with van der Waals surface area (Å²) in [6, 6.07) is 6.51. The Morgan fingerprint density at radius 3 is 2.32 bits per heavy atom. The maximum absolute atomic E-state index is 12.4. The number of ether oxygens (including phenoxy) is 2. The van der Waals surface area contributed by atoms with Crippen molar-refractivity contribution >= 4 is 17.6 Å². The highest BCUT2D eigenvalue weighted by Crippen LogP contribution is 2.23. The number of carbonyl (C=O) groups excluding carboxylic acids is 1. The van der Waals surface area contributed by atoms with Crippen LogP contribution in [0, 0.1) is 5.92 Å². The second kappa shape index (κ2) is 7.79. The molecule has 0 fully saturated rings. The van der Waals surface area contributed by atoms with Gasteiger partial charge in [-0.25, -0.2) is 4.79 Å². The van der Waals surface area contributed by atoms with Crippen LogP contribution in [0.4, 0.5) is 5.69 Å². The number of amides is 1. The fraction of sp³-hybridized carbons (Fsp3) is 0.500. The van der Waals surface area contributed by atoms with Crippen LogP contribution in [-0.4, -0.2) is 36.3 Å². The second-order valence-corrected chi connectivity index (χ2v) is 5.69. The number of hydrogen-bond acceptors (Lipinski definition) is 4. The third-order valence-electron chi connectivity index (χ3n) is 3.20. The third kappa shape index (κ3) is 5.37. The summed E-state index contributed by atoms with van der Waals surface area (Å²) in [6.07, 6.45) is 0.606. The van der Waals surface area contributed by atoms with E-state index < -0.39 is 18.2 Å². The van der Waals surface area contributed by atoms with E-state index in [9.17, 15) is 9.59 Å². The lowest BCUT2D eigenvalue weighted by Gasteiger charge is -2.28. The molecule has 1 aromatic rings. The van der Waals surface area contributed by atoms with Gasteiger partial charge in [-0.05, 0) is 43.5 Å². The van der Waals surface area contributed by atoms with Crippen LogP contribution in [0.15, 0.2) is 24.3 Å². The van der Waals surface area contributed by atoms with E-state index in [4.69, 9.17) is 14.6 Å². The van der Waals surface area contributed by atoms with Gasteiger partial charge in [0.05, 0.1) is 0 Å². The van der Waals surface area contributed by atoms with Crippen molar-refractivity contribution in [3.05, 3.63) is 24.3 Å². The van der Waals surface area contributed by atoms with E-state index >= 15 is 0 Å². The van der Waals surface area contributed by atoms with E-state index in [2.05, 4.69) is 5.32 Å². The summed E-state index contributed by atoms with van der Waals surface area (Å²) in [6.45, 7) is 5.41. The predicted molar refractivity (Wildman–Crippen MR) is 83.1 cm³/mol. The third-order valence-corrected chi connectivity index (χ3v) is 3.20. The molecule has 6 nitrogen and oxygen atoms in total. The molecule has 6 heteroatoms. The first-order chi connectivity index (χ1) is 10.3. The van der Waals surface area contributed by atoms with Gasteiger partial charge in [0.25, 0.3) is 5.91 Å². The van der Waals surface area contributed by atoms with Gasteiger partial charge in [0.15, 0.2) is 6.61 Å². The highest BCUT2D eigenvalue weighted by molar-refractivity contribution is 5.97. The predicted octanol–water partition coefficient (Wildman–Crippen LogP) is 2.54. The average molecular weight is 309 g/mol. The highest BCUT2D eigenvalue weighted by atomic mass is 16.5. The largest absolute Gasteiger partial charge is 0.482 e. The number of carboxylic acids is 1. The standard InChI is InChI=1S/C16H23NO5/c1-11(2)9-16(3,21-4)15(20)17-12-5-7-13(8-6-12)22-10-14(18)19/h5-8,11H,9-10H2,1-4H3,(H,17,20)(H,18,19)/t16-/m0/s1. The number of rotatable bonds is 8. The van der Waals surface area contributed by atoms with Crippen LogP contribution in [0.2, 0.25) is 0 Å². The molecule has 0 saturated carbocycles. The summed E-state index contributed by atoms with van der Waals surface area (Å²) in [7, 11) is 1.52. The smallest absolute Gasteiger partial charge is 0.341 e. The molecule has 0 bridgehead atoms. The SMILES string of the molecule is CO[C@@](C)(CC(C)C)C(=O)Nc1ccc(OCC(=O)O)cc1. The number of hydrogen-bond donors (Lipinski definition) is 2. The number of carbonyl (C=O) groups is 2.